The highest BCUT2D eigenvalue weighted by molar-refractivity contribution is 5.87. The number of anilines is 1. The van der Waals surface area contributed by atoms with E-state index < -0.39 is 18.1 Å². The number of pyridine rings is 1. The molecule has 0 amide bonds. The number of aromatic nitrogens is 1. The summed E-state index contributed by atoms with van der Waals surface area (Å²) in [6, 6.07) is 7.75. The number of carbonyl (C=O) groups is 1. The Morgan fingerprint density at radius 2 is 1.95 bits per heavy atom. The monoisotopic (exact) mass is 298 g/mol. The van der Waals surface area contributed by atoms with Crippen molar-refractivity contribution in [3.8, 4) is 16.9 Å². The lowest BCUT2D eigenvalue weighted by atomic mass is 10.1. The number of ether oxygens (including phenoxy) is 1. The van der Waals surface area contributed by atoms with E-state index in [1.807, 2.05) is 0 Å². The lowest BCUT2D eigenvalue weighted by Crippen LogP contribution is -2.17. The van der Waals surface area contributed by atoms with Crippen molar-refractivity contribution in [2.75, 3.05) is 5.73 Å². The molecule has 0 spiro atoms. The van der Waals surface area contributed by atoms with Crippen LogP contribution in [-0.2, 0) is 0 Å². The van der Waals surface area contributed by atoms with Crippen molar-refractivity contribution in [1.82, 2.24) is 4.98 Å². The van der Waals surface area contributed by atoms with Crippen LogP contribution in [0.4, 0.5) is 19.0 Å². The van der Waals surface area contributed by atoms with Gasteiger partial charge in [0, 0.05) is 5.56 Å². The fraction of sp³-hybridized carbons (Fsp3) is 0.0769. The smallest absolute Gasteiger partial charge is 0.477 e. The molecule has 2 aromatic rings. The van der Waals surface area contributed by atoms with E-state index in [0.29, 0.717) is 11.1 Å². The predicted octanol–water partition coefficient (Wildman–Crippen LogP) is 2.93. The maximum atomic E-state index is 12.2. The second-order valence-electron chi connectivity index (χ2n) is 4.01. The number of nitrogen functional groups attached to an aromatic ring is 1. The molecule has 0 saturated carbocycles. The molecule has 0 fully saturated rings. The van der Waals surface area contributed by atoms with E-state index in [4.69, 9.17) is 10.8 Å². The van der Waals surface area contributed by atoms with Gasteiger partial charge in [-0.05, 0) is 29.8 Å². The summed E-state index contributed by atoms with van der Waals surface area (Å²) >= 11 is 0. The highest BCUT2D eigenvalue weighted by Crippen LogP contribution is 2.30. The Morgan fingerprint density at radius 3 is 2.52 bits per heavy atom. The third kappa shape index (κ3) is 3.62. The number of nitrogens with two attached hydrogens (primary N) is 1. The third-order valence-electron chi connectivity index (χ3n) is 2.52. The molecule has 21 heavy (non-hydrogen) atoms. The van der Waals surface area contributed by atoms with Crippen molar-refractivity contribution in [2.24, 2.45) is 0 Å². The zero-order chi connectivity index (χ0) is 15.6. The molecule has 0 saturated heterocycles. The van der Waals surface area contributed by atoms with Crippen LogP contribution in [0.15, 0.2) is 36.4 Å². The molecule has 0 atom stereocenters. The van der Waals surface area contributed by atoms with Gasteiger partial charge in [0.2, 0.25) is 0 Å². The molecule has 0 aliphatic heterocycles. The van der Waals surface area contributed by atoms with E-state index in [0.717, 1.165) is 12.1 Å². The zero-order valence-corrected chi connectivity index (χ0v) is 10.4. The molecule has 110 valence electrons. The summed E-state index contributed by atoms with van der Waals surface area (Å²) in [5.74, 6) is -1.75. The minimum Gasteiger partial charge on any atom is -0.477 e. The van der Waals surface area contributed by atoms with Crippen molar-refractivity contribution in [2.45, 2.75) is 6.36 Å². The Bertz CT molecular complexity index is 687. The number of alkyl halides is 3. The van der Waals surface area contributed by atoms with Gasteiger partial charge in [-0.25, -0.2) is 9.78 Å². The number of hydrogen-bond donors (Lipinski definition) is 2. The van der Waals surface area contributed by atoms with Crippen LogP contribution in [0.2, 0.25) is 0 Å². The predicted molar refractivity (Wildman–Crippen MR) is 67.7 cm³/mol. The van der Waals surface area contributed by atoms with Crippen LogP contribution in [0.3, 0.4) is 0 Å². The van der Waals surface area contributed by atoms with Gasteiger partial charge in [-0.3, -0.25) is 0 Å². The largest absolute Gasteiger partial charge is 0.573 e. The summed E-state index contributed by atoms with van der Waals surface area (Å²) in [7, 11) is 0. The summed E-state index contributed by atoms with van der Waals surface area (Å²) in [5.41, 5.74) is 6.02. The summed E-state index contributed by atoms with van der Waals surface area (Å²) in [6.45, 7) is 0. The van der Waals surface area contributed by atoms with Gasteiger partial charge in [0.1, 0.15) is 11.6 Å². The second kappa shape index (κ2) is 5.31. The Kier molecular flexibility index (Phi) is 3.70. The van der Waals surface area contributed by atoms with Crippen LogP contribution < -0.4 is 10.5 Å². The van der Waals surface area contributed by atoms with Gasteiger partial charge >= 0.3 is 12.3 Å². The number of carboxylic acids is 1. The first kappa shape index (κ1) is 14.6. The Labute approximate surface area is 116 Å². The fourth-order valence-corrected chi connectivity index (χ4v) is 1.70. The zero-order valence-electron chi connectivity index (χ0n) is 10.4. The van der Waals surface area contributed by atoms with Gasteiger partial charge in [0.15, 0.2) is 5.69 Å². The van der Waals surface area contributed by atoms with Crippen LogP contribution in [0.25, 0.3) is 11.1 Å². The number of benzene rings is 1. The van der Waals surface area contributed by atoms with Gasteiger partial charge in [-0.2, -0.15) is 0 Å². The average molecular weight is 298 g/mol. The van der Waals surface area contributed by atoms with Crippen LogP contribution in [-0.4, -0.2) is 22.4 Å². The standard InChI is InChI=1S/C13H9F3N2O3/c14-13(15,16)21-8-3-1-2-7(6-8)9-4-5-10(12(19)20)18-11(9)17/h1-6H,(H2,17,18)(H,19,20). The maximum Gasteiger partial charge on any atom is 0.573 e. The first-order valence-corrected chi connectivity index (χ1v) is 5.62. The Morgan fingerprint density at radius 1 is 1.24 bits per heavy atom. The second-order valence-corrected chi connectivity index (χ2v) is 4.01. The van der Waals surface area contributed by atoms with E-state index in [1.165, 1.54) is 24.3 Å². The molecule has 0 aliphatic carbocycles. The molecule has 0 aliphatic rings. The number of carboxylic acid groups (broad SMARTS) is 1. The first-order chi connectivity index (χ1) is 9.76. The van der Waals surface area contributed by atoms with Crippen molar-refractivity contribution >= 4 is 11.8 Å². The minimum absolute atomic E-state index is 0.0981. The van der Waals surface area contributed by atoms with E-state index in [1.54, 1.807) is 0 Å². The highest BCUT2D eigenvalue weighted by Gasteiger charge is 2.31. The quantitative estimate of drug-likeness (QED) is 0.910. The van der Waals surface area contributed by atoms with Gasteiger partial charge in [0.05, 0.1) is 0 Å². The van der Waals surface area contributed by atoms with Crippen LogP contribution in [0.1, 0.15) is 10.5 Å². The topological polar surface area (TPSA) is 85.4 Å². The normalized spacial score (nSPS) is 11.2. The number of halogens is 3. The molecule has 1 aromatic carbocycles. The van der Waals surface area contributed by atoms with Gasteiger partial charge in [-0.1, -0.05) is 12.1 Å². The van der Waals surface area contributed by atoms with Crippen LogP contribution in [0, 0.1) is 0 Å². The third-order valence-corrected chi connectivity index (χ3v) is 2.52. The molecule has 0 bridgehead atoms. The lowest BCUT2D eigenvalue weighted by Gasteiger charge is -2.11. The molecular formula is C13H9F3N2O3. The van der Waals surface area contributed by atoms with Crippen molar-refractivity contribution in [1.29, 1.82) is 0 Å². The van der Waals surface area contributed by atoms with Crippen molar-refractivity contribution in [3.05, 3.63) is 42.1 Å². The SMILES string of the molecule is Nc1nc(C(=O)O)ccc1-c1cccc(OC(F)(F)F)c1. The average Bonchev–Trinajstić information content (AvgIpc) is 2.36. The number of rotatable bonds is 3. The van der Waals surface area contributed by atoms with E-state index in [2.05, 4.69) is 9.72 Å². The highest BCUT2D eigenvalue weighted by atomic mass is 19.4. The van der Waals surface area contributed by atoms with Gasteiger partial charge in [-0.15, -0.1) is 13.2 Å². The van der Waals surface area contributed by atoms with Crippen molar-refractivity contribution in [3.63, 3.8) is 0 Å². The molecule has 1 aromatic heterocycles. The molecule has 3 N–H and O–H groups in total. The number of aromatic carboxylic acids is 1. The first-order valence-electron chi connectivity index (χ1n) is 5.62. The van der Waals surface area contributed by atoms with E-state index >= 15 is 0 Å². The van der Waals surface area contributed by atoms with E-state index in [9.17, 15) is 18.0 Å². The molecule has 8 heteroatoms. The maximum absolute atomic E-state index is 12.2. The molecular weight excluding hydrogens is 289 g/mol. The van der Waals surface area contributed by atoms with E-state index in [-0.39, 0.29) is 11.5 Å². The Hall–Kier alpha value is -2.77. The summed E-state index contributed by atoms with van der Waals surface area (Å²) in [6.07, 6.45) is -4.80. The summed E-state index contributed by atoms with van der Waals surface area (Å²) in [4.78, 5) is 14.4. The van der Waals surface area contributed by atoms with Crippen LogP contribution in [0.5, 0.6) is 5.75 Å². The lowest BCUT2D eigenvalue weighted by molar-refractivity contribution is -0.274. The van der Waals surface area contributed by atoms with Gasteiger partial charge in [0.25, 0.3) is 0 Å². The molecule has 1 heterocycles. The molecule has 0 unspecified atom stereocenters. The number of hydrogen-bond acceptors (Lipinski definition) is 4. The minimum atomic E-state index is -4.80. The molecule has 0 radical (unpaired) electrons. The summed E-state index contributed by atoms with van der Waals surface area (Å²) < 4.78 is 40.3. The van der Waals surface area contributed by atoms with Gasteiger partial charge < -0.3 is 15.6 Å². The fourth-order valence-electron chi connectivity index (χ4n) is 1.70. The Balaban J connectivity index is 2.38. The van der Waals surface area contributed by atoms with Crippen LogP contribution >= 0.6 is 0 Å². The molecule has 2 rings (SSSR count). The number of nitrogens with zero attached hydrogens (tertiary/aromatic N) is 1. The summed E-state index contributed by atoms with van der Waals surface area (Å²) in [5, 5.41) is 8.78. The molecule has 5 nitrogen and oxygen atoms in total. The van der Waals surface area contributed by atoms with Crippen molar-refractivity contribution < 1.29 is 27.8 Å².